The fourth-order valence-corrected chi connectivity index (χ4v) is 3.76. The van der Waals surface area contributed by atoms with Crippen LogP contribution in [0.2, 0.25) is 0 Å². The minimum absolute atomic E-state index is 0.0115. The molecule has 3 rings (SSSR count). The van der Waals surface area contributed by atoms with E-state index in [0.717, 1.165) is 29.5 Å². The molecule has 1 amide bonds. The number of nitrogens with two attached hydrogens (primary N) is 1. The summed E-state index contributed by atoms with van der Waals surface area (Å²) < 4.78 is 42.4. The minimum Gasteiger partial charge on any atom is -0.388 e. The molecule has 0 saturated carbocycles. The van der Waals surface area contributed by atoms with E-state index in [0.29, 0.717) is 6.42 Å². The Hall–Kier alpha value is -2.91. The molecule has 0 aliphatic rings. The molecule has 2 heterocycles. The maximum absolute atomic E-state index is 14.6. The lowest BCUT2D eigenvalue weighted by atomic mass is 10.0. The predicted octanol–water partition coefficient (Wildman–Crippen LogP) is 4.51. The van der Waals surface area contributed by atoms with Crippen LogP contribution < -0.4 is 11.1 Å². The third kappa shape index (κ3) is 4.00. The Morgan fingerprint density at radius 1 is 1.25 bits per heavy atom. The number of hydrogen-bond donors (Lipinski definition) is 3. The first kappa shape index (κ1) is 19.8. The van der Waals surface area contributed by atoms with Gasteiger partial charge in [-0.3, -0.25) is 4.79 Å². The van der Waals surface area contributed by atoms with Crippen LogP contribution in [-0.4, -0.2) is 16.0 Å². The van der Waals surface area contributed by atoms with Crippen LogP contribution in [-0.2, 0) is 0 Å². The number of aliphatic hydroxyl groups is 1. The highest BCUT2D eigenvalue weighted by atomic mass is 32.1. The number of rotatable bonds is 6. The Morgan fingerprint density at radius 3 is 2.50 bits per heavy atom. The van der Waals surface area contributed by atoms with E-state index in [4.69, 9.17) is 5.73 Å². The molecule has 1 atom stereocenters. The van der Waals surface area contributed by atoms with Gasteiger partial charge < -0.3 is 16.2 Å². The van der Waals surface area contributed by atoms with Crippen molar-refractivity contribution in [1.82, 2.24) is 4.98 Å². The quantitative estimate of drug-likeness (QED) is 0.525. The number of aromatic nitrogens is 1. The largest absolute Gasteiger partial charge is 0.388 e. The van der Waals surface area contributed by atoms with Crippen LogP contribution in [0.1, 0.15) is 35.4 Å². The number of halogens is 3. The molecular weight excluding hydrogens is 391 g/mol. The highest BCUT2D eigenvalue weighted by Gasteiger charge is 2.22. The number of primary amides is 1. The van der Waals surface area contributed by atoms with Crippen molar-refractivity contribution in [3.05, 3.63) is 65.1 Å². The van der Waals surface area contributed by atoms with Gasteiger partial charge in [0, 0.05) is 4.88 Å². The van der Waals surface area contributed by atoms with Gasteiger partial charge in [0.1, 0.15) is 22.5 Å². The van der Waals surface area contributed by atoms with Crippen LogP contribution in [0.25, 0.3) is 10.4 Å². The fraction of sp³-hybridized carbons (Fsp3) is 0.158. The minimum atomic E-state index is -0.987. The number of aliphatic hydroxyl groups excluding tert-OH is 1. The Balaban J connectivity index is 2.05. The van der Waals surface area contributed by atoms with Crippen LogP contribution in [0.5, 0.6) is 0 Å². The molecule has 1 unspecified atom stereocenters. The summed E-state index contributed by atoms with van der Waals surface area (Å²) in [5.74, 6) is -3.20. The first-order valence-electron chi connectivity index (χ1n) is 8.30. The summed E-state index contributed by atoms with van der Waals surface area (Å²) in [7, 11) is 0. The first-order chi connectivity index (χ1) is 13.3. The topological polar surface area (TPSA) is 88.2 Å². The molecule has 0 aliphatic carbocycles. The second-order valence-corrected chi connectivity index (χ2v) is 7.02. The Morgan fingerprint density at radius 2 is 1.93 bits per heavy atom. The van der Waals surface area contributed by atoms with Crippen LogP contribution in [0, 0.1) is 17.6 Å². The lowest BCUT2D eigenvalue weighted by molar-refractivity contribution is 0.100. The summed E-state index contributed by atoms with van der Waals surface area (Å²) >= 11 is 0.873. The molecule has 4 N–H and O–H groups in total. The molecule has 5 nitrogen and oxygen atoms in total. The summed E-state index contributed by atoms with van der Waals surface area (Å²) in [5, 5.41) is 12.7. The van der Waals surface area contributed by atoms with Crippen LogP contribution >= 0.6 is 11.3 Å². The number of anilines is 2. The Kier molecular flexibility index (Phi) is 5.66. The molecule has 0 saturated heterocycles. The van der Waals surface area contributed by atoms with Gasteiger partial charge in [0.2, 0.25) is 5.95 Å². The Labute approximate surface area is 162 Å². The van der Waals surface area contributed by atoms with Crippen molar-refractivity contribution in [2.75, 3.05) is 5.32 Å². The van der Waals surface area contributed by atoms with E-state index in [9.17, 15) is 23.1 Å². The van der Waals surface area contributed by atoms with Crippen molar-refractivity contribution in [3.63, 3.8) is 0 Å². The smallest absolute Gasteiger partial charge is 0.251 e. The highest BCUT2D eigenvalue weighted by Crippen LogP contribution is 2.39. The molecule has 0 radical (unpaired) electrons. The van der Waals surface area contributed by atoms with Crippen molar-refractivity contribution in [1.29, 1.82) is 0 Å². The average Bonchev–Trinajstić information content (AvgIpc) is 3.04. The van der Waals surface area contributed by atoms with Crippen molar-refractivity contribution in [3.8, 4) is 10.4 Å². The van der Waals surface area contributed by atoms with Crippen molar-refractivity contribution in [2.45, 2.75) is 19.4 Å². The zero-order valence-corrected chi connectivity index (χ0v) is 15.5. The molecule has 28 heavy (non-hydrogen) atoms. The second-order valence-electron chi connectivity index (χ2n) is 5.97. The van der Waals surface area contributed by atoms with E-state index in [1.54, 1.807) is 6.92 Å². The number of hydrogen-bond acceptors (Lipinski definition) is 5. The van der Waals surface area contributed by atoms with Gasteiger partial charge in [0.05, 0.1) is 17.2 Å². The molecule has 0 aliphatic heterocycles. The van der Waals surface area contributed by atoms with E-state index in [-0.39, 0.29) is 32.4 Å². The summed E-state index contributed by atoms with van der Waals surface area (Å²) in [4.78, 5) is 15.5. The van der Waals surface area contributed by atoms with Crippen LogP contribution in [0.15, 0.2) is 36.4 Å². The van der Waals surface area contributed by atoms with Crippen molar-refractivity contribution >= 4 is 28.1 Å². The van der Waals surface area contributed by atoms with E-state index in [2.05, 4.69) is 10.3 Å². The summed E-state index contributed by atoms with van der Waals surface area (Å²) in [5.41, 5.74) is 5.12. The van der Waals surface area contributed by atoms with Gasteiger partial charge in [0.25, 0.3) is 5.91 Å². The first-order valence-corrected chi connectivity index (χ1v) is 9.12. The van der Waals surface area contributed by atoms with E-state index < -0.39 is 29.6 Å². The maximum Gasteiger partial charge on any atom is 0.251 e. The fourth-order valence-electron chi connectivity index (χ4n) is 2.64. The number of carbonyl (C=O) groups excluding carboxylic acids is 1. The summed E-state index contributed by atoms with van der Waals surface area (Å²) in [6.45, 7) is 1.69. The standard InChI is InChI=1S/C19H16F3N3O2S/c1-2-13(26)9-6-11(20)17(12(21)7-9)14-8-10(18(23)27)19(28-14)25-16-5-3-4-15(22)24-16/h3-8,13,26H,2H2,1H3,(H2,23,27)(H,24,25). The number of nitrogens with zero attached hydrogens (tertiary/aromatic N) is 1. The van der Waals surface area contributed by atoms with Gasteiger partial charge in [-0.2, -0.15) is 4.39 Å². The van der Waals surface area contributed by atoms with Gasteiger partial charge >= 0.3 is 0 Å². The lowest BCUT2D eigenvalue weighted by Crippen LogP contribution is -2.11. The number of benzene rings is 1. The maximum atomic E-state index is 14.6. The molecular formula is C19H16F3N3O2S. The molecule has 0 spiro atoms. The molecule has 3 aromatic rings. The molecule has 0 fully saturated rings. The zero-order valence-electron chi connectivity index (χ0n) is 14.7. The third-order valence-corrected chi connectivity index (χ3v) is 5.10. The molecule has 146 valence electrons. The van der Waals surface area contributed by atoms with Gasteiger partial charge in [-0.1, -0.05) is 13.0 Å². The normalized spacial score (nSPS) is 12.0. The summed E-state index contributed by atoms with van der Waals surface area (Å²) in [6, 6.07) is 7.40. The number of pyridine rings is 1. The summed E-state index contributed by atoms with van der Waals surface area (Å²) in [6.07, 6.45) is -0.684. The zero-order chi connectivity index (χ0) is 20.4. The van der Waals surface area contributed by atoms with Crippen molar-refractivity contribution < 1.29 is 23.1 Å². The number of amides is 1. The predicted molar refractivity (Wildman–Crippen MR) is 101 cm³/mol. The van der Waals surface area contributed by atoms with Crippen LogP contribution in [0.3, 0.4) is 0 Å². The van der Waals surface area contributed by atoms with Gasteiger partial charge in [-0.05, 0) is 42.3 Å². The molecule has 2 aromatic heterocycles. The van der Waals surface area contributed by atoms with E-state index >= 15 is 0 Å². The monoisotopic (exact) mass is 407 g/mol. The van der Waals surface area contributed by atoms with Gasteiger partial charge in [0.15, 0.2) is 0 Å². The van der Waals surface area contributed by atoms with Crippen LogP contribution in [0.4, 0.5) is 24.0 Å². The molecule has 0 bridgehead atoms. The SMILES string of the molecule is CCC(O)c1cc(F)c(-c2cc(C(N)=O)c(Nc3cccc(F)n3)s2)c(F)c1. The van der Waals surface area contributed by atoms with E-state index in [1.807, 2.05) is 0 Å². The third-order valence-electron chi connectivity index (χ3n) is 4.04. The number of thiophene rings is 1. The number of carbonyl (C=O) groups is 1. The van der Waals surface area contributed by atoms with E-state index in [1.165, 1.54) is 18.2 Å². The van der Waals surface area contributed by atoms with Gasteiger partial charge in [-0.15, -0.1) is 11.3 Å². The highest BCUT2D eigenvalue weighted by molar-refractivity contribution is 7.20. The average molecular weight is 407 g/mol. The molecule has 9 heteroatoms. The second kappa shape index (κ2) is 7.99. The number of nitrogens with one attached hydrogen (secondary N) is 1. The molecule has 1 aromatic carbocycles. The Bertz CT molecular complexity index is 1020. The van der Waals surface area contributed by atoms with Gasteiger partial charge in [-0.25, -0.2) is 13.8 Å². The lowest BCUT2D eigenvalue weighted by Gasteiger charge is -2.11. The van der Waals surface area contributed by atoms with Crippen molar-refractivity contribution in [2.24, 2.45) is 5.73 Å².